The highest BCUT2D eigenvalue weighted by Crippen LogP contribution is 2.17. The van der Waals surface area contributed by atoms with Gasteiger partial charge in [-0.05, 0) is 32.9 Å². The Kier molecular flexibility index (Phi) is 6.76. The number of para-hydroxylation sites is 1. The molecule has 0 fully saturated rings. The number of benzene rings is 1. The fourth-order valence-corrected chi connectivity index (χ4v) is 1.84. The Morgan fingerprint density at radius 3 is 2.72 bits per heavy atom. The molecular weight excluding hydrogens is 224 g/mol. The second kappa shape index (κ2) is 8.11. The van der Waals surface area contributed by atoms with Crippen molar-refractivity contribution in [2.24, 2.45) is 5.73 Å². The maximum absolute atomic E-state index is 5.79. The van der Waals surface area contributed by atoms with Gasteiger partial charge in [0.05, 0.1) is 6.61 Å². The first-order valence-corrected chi connectivity index (χ1v) is 6.80. The molecule has 0 saturated heterocycles. The van der Waals surface area contributed by atoms with Gasteiger partial charge in [-0.15, -0.1) is 0 Å². The molecule has 0 spiro atoms. The van der Waals surface area contributed by atoms with Crippen LogP contribution in [0.3, 0.4) is 0 Å². The predicted molar refractivity (Wildman–Crippen MR) is 76.8 cm³/mol. The number of hydrogen-bond acceptors (Lipinski definition) is 3. The summed E-state index contributed by atoms with van der Waals surface area (Å²) in [6.45, 7) is 6.82. The van der Waals surface area contributed by atoms with Crippen molar-refractivity contribution in [3.05, 3.63) is 29.8 Å². The first kappa shape index (κ1) is 15.0. The topological polar surface area (TPSA) is 38.5 Å². The molecule has 102 valence electrons. The second-order valence-electron chi connectivity index (χ2n) is 4.75. The smallest absolute Gasteiger partial charge is 0.123 e. The first-order valence-electron chi connectivity index (χ1n) is 6.80. The molecule has 0 bridgehead atoms. The molecule has 0 radical (unpaired) electrons. The third kappa shape index (κ3) is 4.67. The molecule has 3 nitrogen and oxygen atoms in total. The van der Waals surface area contributed by atoms with Crippen LogP contribution in [0.1, 0.15) is 32.3 Å². The Labute approximate surface area is 111 Å². The quantitative estimate of drug-likeness (QED) is 0.721. The van der Waals surface area contributed by atoms with E-state index in [0.717, 1.165) is 30.9 Å². The highest BCUT2D eigenvalue weighted by Gasteiger charge is 2.06. The number of rotatable bonds is 8. The van der Waals surface area contributed by atoms with Gasteiger partial charge in [-0.3, -0.25) is 0 Å². The second-order valence-corrected chi connectivity index (χ2v) is 4.75. The minimum Gasteiger partial charge on any atom is -0.493 e. The van der Waals surface area contributed by atoms with Crippen LogP contribution in [0.4, 0.5) is 0 Å². The lowest BCUT2D eigenvalue weighted by Crippen LogP contribution is -2.30. The van der Waals surface area contributed by atoms with Crippen molar-refractivity contribution < 1.29 is 4.74 Å². The molecule has 1 aromatic carbocycles. The highest BCUT2D eigenvalue weighted by molar-refractivity contribution is 5.32. The fraction of sp³-hybridized carbons (Fsp3) is 0.600. The zero-order chi connectivity index (χ0) is 13.4. The lowest BCUT2D eigenvalue weighted by Gasteiger charge is -2.23. The normalized spacial score (nSPS) is 12.7. The van der Waals surface area contributed by atoms with Crippen LogP contribution in [0.25, 0.3) is 0 Å². The van der Waals surface area contributed by atoms with Crippen molar-refractivity contribution in [3.8, 4) is 5.75 Å². The average molecular weight is 250 g/mol. The van der Waals surface area contributed by atoms with Gasteiger partial charge in [0.1, 0.15) is 5.75 Å². The van der Waals surface area contributed by atoms with Crippen molar-refractivity contribution in [1.29, 1.82) is 0 Å². The van der Waals surface area contributed by atoms with Crippen molar-refractivity contribution in [3.63, 3.8) is 0 Å². The third-order valence-corrected chi connectivity index (χ3v) is 3.45. The lowest BCUT2D eigenvalue weighted by atomic mass is 10.2. The van der Waals surface area contributed by atoms with Crippen LogP contribution in [-0.4, -0.2) is 31.1 Å². The fourth-order valence-electron chi connectivity index (χ4n) is 1.84. The van der Waals surface area contributed by atoms with Crippen LogP contribution in [0.5, 0.6) is 5.75 Å². The summed E-state index contributed by atoms with van der Waals surface area (Å²) < 4.78 is 5.79. The largest absolute Gasteiger partial charge is 0.493 e. The first-order chi connectivity index (χ1) is 8.69. The van der Waals surface area contributed by atoms with Crippen molar-refractivity contribution in [2.45, 2.75) is 39.3 Å². The van der Waals surface area contributed by atoms with Gasteiger partial charge >= 0.3 is 0 Å². The molecule has 0 aliphatic heterocycles. The standard InChI is InChI=1S/C15H26N2O/c1-4-13(2)17(3)10-7-11-18-15-9-6-5-8-14(15)12-16/h5-6,8-9,13H,4,7,10-12,16H2,1-3H3. The Morgan fingerprint density at radius 2 is 2.06 bits per heavy atom. The van der Waals surface area contributed by atoms with Crippen LogP contribution in [0.2, 0.25) is 0 Å². The monoisotopic (exact) mass is 250 g/mol. The molecule has 18 heavy (non-hydrogen) atoms. The maximum Gasteiger partial charge on any atom is 0.123 e. The Hall–Kier alpha value is -1.06. The van der Waals surface area contributed by atoms with Gasteiger partial charge in [-0.1, -0.05) is 25.1 Å². The molecule has 0 aliphatic rings. The molecule has 0 aliphatic carbocycles. The summed E-state index contributed by atoms with van der Waals surface area (Å²) >= 11 is 0. The van der Waals surface area contributed by atoms with E-state index in [2.05, 4.69) is 25.8 Å². The van der Waals surface area contributed by atoms with Gasteiger partial charge in [0.2, 0.25) is 0 Å². The predicted octanol–water partition coefficient (Wildman–Crippen LogP) is 2.64. The minimum atomic E-state index is 0.531. The zero-order valence-electron chi connectivity index (χ0n) is 11.9. The third-order valence-electron chi connectivity index (χ3n) is 3.45. The number of nitrogens with two attached hydrogens (primary N) is 1. The summed E-state index contributed by atoms with van der Waals surface area (Å²) in [6.07, 6.45) is 2.23. The Balaban J connectivity index is 2.29. The lowest BCUT2D eigenvalue weighted by molar-refractivity contribution is 0.220. The van der Waals surface area contributed by atoms with E-state index in [9.17, 15) is 0 Å². The molecule has 1 rings (SSSR count). The van der Waals surface area contributed by atoms with E-state index in [4.69, 9.17) is 10.5 Å². The zero-order valence-corrected chi connectivity index (χ0v) is 11.9. The van der Waals surface area contributed by atoms with E-state index >= 15 is 0 Å². The van der Waals surface area contributed by atoms with Gasteiger partial charge in [0.15, 0.2) is 0 Å². The van der Waals surface area contributed by atoms with E-state index in [1.807, 2.05) is 24.3 Å². The number of nitrogens with zero attached hydrogens (tertiary/aromatic N) is 1. The molecule has 0 heterocycles. The number of hydrogen-bond donors (Lipinski definition) is 1. The van der Waals surface area contributed by atoms with Crippen molar-refractivity contribution in [2.75, 3.05) is 20.2 Å². The molecule has 3 heteroatoms. The summed E-state index contributed by atoms with van der Waals surface area (Å²) in [5.74, 6) is 0.922. The van der Waals surface area contributed by atoms with E-state index in [0.29, 0.717) is 12.6 Å². The molecular formula is C15H26N2O. The van der Waals surface area contributed by atoms with E-state index < -0.39 is 0 Å². The molecule has 0 saturated carbocycles. The highest BCUT2D eigenvalue weighted by atomic mass is 16.5. The van der Waals surface area contributed by atoms with Gasteiger partial charge < -0.3 is 15.4 Å². The summed E-state index contributed by atoms with van der Waals surface area (Å²) in [4.78, 5) is 2.37. The molecule has 0 amide bonds. The summed E-state index contributed by atoms with van der Waals surface area (Å²) in [6, 6.07) is 8.62. The molecule has 1 unspecified atom stereocenters. The summed E-state index contributed by atoms with van der Waals surface area (Å²) in [5.41, 5.74) is 6.75. The van der Waals surface area contributed by atoms with Gasteiger partial charge in [-0.25, -0.2) is 0 Å². The summed E-state index contributed by atoms with van der Waals surface area (Å²) in [5, 5.41) is 0. The van der Waals surface area contributed by atoms with E-state index in [-0.39, 0.29) is 0 Å². The molecule has 1 aromatic rings. The van der Waals surface area contributed by atoms with Gasteiger partial charge in [-0.2, -0.15) is 0 Å². The van der Waals surface area contributed by atoms with E-state index in [1.54, 1.807) is 0 Å². The molecule has 0 aromatic heterocycles. The average Bonchev–Trinajstić information content (AvgIpc) is 2.42. The van der Waals surface area contributed by atoms with Crippen molar-refractivity contribution in [1.82, 2.24) is 4.90 Å². The molecule has 2 N–H and O–H groups in total. The number of ether oxygens (including phenoxy) is 1. The van der Waals surface area contributed by atoms with Gasteiger partial charge in [0.25, 0.3) is 0 Å². The van der Waals surface area contributed by atoms with Crippen LogP contribution in [0, 0.1) is 0 Å². The molecule has 1 atom stereocenters. The van der Waals surface area contributed by atoms with E-state index in [1.165, 1.54) is 6.42 Å². The Morgan fingerprint density at radius 1 is 1.33 bits per heavy atom. The summed E-state index contributed by atoms with van der Waals surface area (Å²) in [7, 11) is 2.17. The minimum absolute atomic E-state index is 0.531. The van der Waals surface area contributed by atoms with Gasteiger partial charge in [0, 0.05) is 24.7 Å². The SMILES string of the molecule is CCC(C)N(C)CCCOc1ccccc1CN. The van der Waals surface area contributed by atoms with Crippen LogP contribution >= 0.6 is 0 Å². The van der Waals surface area contributed by atoms with Crippen molar-refractivity contribution >= 4 is 0 Å². The maximum atomic E-state index is 5.79. The van der Waals surface area contributed by atoms with Crippen LogP contribution in [0.15, 0.2) is 24.3 Å². The Bertz CT molecular complexity index is 341. The van der Waals surface area contributed by atoms with Crippen LogP contribution in [-0.2, 0) is 6.54 Å². The van der Waals surface area contributed by atoms with Crippen LogP contribution < -0.4 is 10.5 Å².